The van der Waals surface area contributed by atoms with Gasteiger partial charge in [-0.05, 0) is 43.3 Å². The zero-order valence-electron chi connectivity index (χ0n) is 17.9. The smallest absolute Gasteiger partial charge is 0.339 e. The van der Waals surface area contributed by atoms with Crippen LogP contribution < -0.4 is 11.1 Å². The Hall–Kier alpha value is -3.13. The molecule has 2 aromatic rings. The lowest BCUT2D eigenvalue weighted by Crippen LogP contribution is -2.26. The lowest BCUT2D eigenvalue weighted by atomic mass is 9.91. The number of Topliss-reactive ketones (excluding diaryl/α,β-unsaturated/α-hetero) is 1. The number of benzene rings is 2. The van der Waals surface area contributed by atoms with Crippen molar-refractivity contribution in [1.29, 1.82) is 0 Å². The molecule has 1 atom stereocenters. The van der Waals surface area contributed by atoms with Crippen LogP contribution in [0.4, 0.5) is 5.69 Å². The largest absolute Gasteiger partial charge is 0.454 e. The summed E-state index contributed by atoms with van der Waals surface area (Å²) in [5.41, 5.74) is 5.77. The quantitative estimate of drug-likeness (QED) is 0.476. The van der Waals surface area contributed by atoms with Gasteiger partial charge in [0.2, 0.25) is 11.8 Å². The van der Waals surface area contributed by atoms with Crippen LogP contribution in [0, 0.1) is 5.41 Å². The monoisotopic (exact) mass is 442 g/mol. The number of rotatable bonds is 8. The Bertz CT molecular complexity index is 980. The van der Waals surface area contributed by atoms with Gasteiger partial charge in [0, 0.05) is 21.6 Å². The molecule has 3 N–H and O–H groups in total. The van der Waals surface area contributed by atoms with Crippen LogP contribution >= 0.6 is 11.8 Å². The van der Waals surface area contributed by atoms with Crippen LogP contribution in [-0.4, -0.2) is 35.4 Å². The third kappa shape index (κ3) is 6.96. The lowest BCUT2D eigenvalue weighted by Gasteiger charge is -2.17. The van der Waals surface area contributed by atoms with Crippen molar-refractivity contribution in [3.63, 3.8) is 0 Å². The number of hydrogen-bond acceptors (Lipinski definition) is 6. The number of nitrogens with one attached hydrogen (secondary N) is 1. The maximum atomic E-state index is 12.6. The number of ether oxygens (including phenoxy) is 1. The van der Waals surface area contributed by atoms with Gasteiger partial charge in [0.25, 0.3) is 0 Å². The van der Waals surface area contributed by atoms with Gasteiger partial charge in [0.05, 0.1) is 10.8 Å². The maximum absolute atomic E-state index is 12.6. The number of hydrogen-bond donors (Lipinski definition) is 2. The zero-order chi connectivity index (χ0) is 23.2. The van der Waals surface area contributed by atoms with Crippen LogP contribution in [-0.2, 0) is 14.3 Å². The molecule has 2 aromatic carbocycles. The number of carbonyl (C=O) groups is 4. The standard InChI is InChI=1S/C23H26N2O5S/c1-14(21(28)25-16-11-9-15(10-12-16)20(24)27)31-18-8-6-5-7-17(18)22(29)30-13-19(26)23(2,3)4/h5-12,14H,13H2,1-4H3,(H2,24,27)(H,25,28). The molecule has 2 rings (SSSR count). The molecule has 0 fully saturated rings. The van der Waals surface area contributed by atoms with Gasteiger partial charge >= 0.3 is 5.97 Å². The molecule has 0 saturated heterocycles. The van der Waals surface area contributed by atoms with Crippen molar-refractivity contribution in [2.24, 2.45) is 11.1 Å². The van der Waals surface area contributed by atoms with Crippen molar-refractivity contribution in [3.05, 3.63) is 59.7 Å². The molecule has 0 spiro atoms. The number of amides is 2. The van der Waals surface area contributed by atoms with Gasteiger partial charge in [-0.15, -0.1) is 11.8 Å². The van der Waals surface area contributed by atoms with Crippen molar-refractivity contribution < 1.29 is 23.9 Å². The molecular weight excluding hydrogens is 416 g/mol. The fourth-order valence-electron chi connectivity index (χ4n) is 2.37. The summed E-state index contributed by atoms with van der Waals surface area (Å²) in [6.45, 7) is 6.68. The second kappa shape index (κ2) is 10.3. The number of nitrogens with two attached hydrogens (primary N) is 1. The van der Waals surface area contributed by atoms with E-state index in [4.69, 9.17) is 10.5 Å². The molecule has 164 valence electrons. The first-order chi connectivity index (χ1) is 14.5. The van der Waals surface area contributed by atoms with E-state index in [0.717, 1.165) is 0 Å². The van der Waals surface area contributed by atoms with Crippen LogP contribution in [0.25, 0.3) is 0 Å². The average Bonchev–Trinajstić information content (AvgIpc) is 2.71. The van der Waals surface area contributed by atoms with Crippen molar-refractivity contribution in [3.8, 4) is 0 Å². The topological polar surface area (TPSA) is 116 Å². The number of anilines is 1. The van der Waals surface area contributed by atoms with Crippen molar-refractivity contribution in [1.82, 2.24) is 0 Å². The van der Waals surface area contributed by atoms with Crippen molar-refractivity contribution in [2.45, 2.75) is 37.8 Å². The lowest BCUT2D eigenvalue weighted by molar-refractivity contribution is -0.129. The minimum atomic E-state index is -0.615. The van der Waals surface area contributed by atoms with Crippen LogP contribution in [0.3, 0.4) is 0 Å². The number of primary amides is 1. The Morgan fingerprint density at radius 3 is 2.23 bits per heavy atom. The fraction of sp³-hybridized carbons (Fsp3) is 0.304. The summed E-state index contributed by atoms with van der Waals surface area (Å²) in [5.74, 6) is -1.62. The highest BCUT2D eigenvalue weighted by Crippen LogP contribution is 2.28. The van der Waals surface area contributed by atoms with E-state index in [1.165, 1.54) is 23.9 Å². The van der Waals surface area contributed by atoms with E-state index in [9.17, 15) is 19.2 Å². The fourth-order valence-corrected chi connectivity index (χ4v) is 3.35. The first-order valence-corrected chi connectivity index (χ1v) is 10.5. The van der Waals surface area contributed by atoms with E-state index in [0.29, 0.717) is 21.7 Å². The van der Waals surface area contributed by atoms with Gasteiger partial charge in [0.15, 0.2) is 12.4 Å². The first kappa shape index (κ1) is 24.1. The van der Waals surface area contributed by atoms with E-state index in [1.54, 1.807) is 64.1 Å². The van der Waals surface area contributed by atoms with Crippen LogP contribution in [0.15, 0.2) is 53.4 Å². The van der Waals surface area contributed by atoms with Crippen LogP contribution in [0.1, 0.15) is 48.4 Å². The molecular formula is C23H26N2O5S. The molecule has 8 heteroatoms. The van der Waals surface area contributed by atoms with E-state index >= 15 is 0 Å². The second-order valence-electron chi connectivity index (χ2n) is 7.94. The molecule has 1 unspecified atom stereocenters. The number of carbonyl (C=O) groups excluding carboxylic acids is 4. The molecule has 0 radical (unpaired) electrons. The third-order valence-corrected chi connectivity index (χ3v) is 5.57. The zero-order valence-corrected chi connectivity index (χ0v) is 18.7. The Morgan fingerprint density at radius 2 is 1.65 bits per heavy atom. The minimum absolute atomic E-state index is 0.180. The van der Waals surface area contributed by atoms with Gasteiger partial charge in [-0.3, -0.25) is 14.4 Å². The summed E-state index contributed by atoms with van der Waals surface area (Å²) in [7, 11) is 0. The maximum Gasteiger partial charge on any atom is 0.339 e. The third-order valence-electron chi connectivity index (χ3n) is 4.39. The number of ketones is 1. The van der Waals surface area contributed by atoms with Gasteiger partial charge in [0.1, 0.15) is 0 Å². The summed E-state index contributed by atoms with van der Waals surface area (Å²) >= 11 is 1.20. The van der Waals surface area contributed by atoms with Gasteiger partial charge < -0.3 is 15.8 Å². The summed E-state index contributed by atoms with van der Waals surface area (Å²) < 4.78 is 5.19. The molecule has 2 amide bonds. The predicted molar refractivity (Wildman–Crippen MR) is 120 cm³/mol. The molecule has 0 saturated carbocycles. The van der Waals surface area contributed by atoms with Crippen molar-refractivity contribution >= 4 is 41.0 Å². The summed E-state index contributed by atoms with van der Waals surface area (Å²) in [5, 5.41) is 2.23. The van der Waals surface area contributed by atoms with E-state index < -0.39 is 22.5 Å². The molecule has 0 aliphatic heterocycles. The van der Waals surface area contributed by atoms with Gasteiger partial charge in [-0.2, -0.15) is 0 Å². The Labute approximate surface area is 185 Å². The molecule has 0 bridgehead atoms. The SMILES string of the molecule is CC(Sc1ccccc1C(=O)OCC(=O)C(C)(C)C)C(=O)Nc1ccc(C(N)=O)cc1. The summed E-state index contributed by atoms with van der Waals surface area (Å²) in [6, 6.07) is 13.0. The normalized spacial score (nSPS) is 12.0. The van der Waals surface area contributed by atoms with Gasteiger partial charge in [-0.25, -0.2) is 4.79 Å². The molecule has 0 aromatic heterocycles. The van der Waals surface area contributed by atoms with Crippen LogP contribution in [0.5, 0.6) is 0 Å². The summed E-state index contributed by atoms with van der Waals surface area (Å²) in [6.07, 6.45) is 0. The van der Waals surface area contributed by atoms with E-state index in [2.05, 4.69) is 5.32 Å². The highest BCUT2D eigenvalue weighted by molar-refractivity contribution is 8.00. The summed E-state index contributed by atoms with van der Waals surface area (Å²) in [4.78, 5) is 48.8. The van der Waals surface area contributed by atoms with Crippen LogP contribution in [0.2, 0.25) is 0 Å². The minimum Gasteiger partial charge on any atom is -0.454 e. The van der Waals surface area contributed by atoms with Crippen molar-refractivity contribution in [2.75, 3.05) is 11.9 Å². The molecule has 31 heavy (non-hydrogen) atoms. The van der Waals surface area contributed by atoms with Gasteiger partial charge in [-0.1, -0.05) is 32.9 Å². The molecule has 0 heterocycles. The number of thioether (sulfide) groups is 1. The van der Waals surface area contributed by atoms with E-state index in [-0.39, 0.29) is 18.3 Å². The Kier molecular flexibility index (Phi) is 7.99. The second-order valence-corrected chi connectivity index (χ2v) is 9.32. The molecule has 0 aliphatic rings. The molecule has 0 aliphatic carbocycles. The highest BCUT2D eigenvalue weighted by Gasteiger charge is 2.24. The van der Waals surface area contributed by atoms with E-state index in [1.807, 2.05) is 0 Å². The first-order valence-electron chi connectivity index (χ1n) is 9.66. The average molecular weight is 443 g/mol. The Balaban J connectivity index is 2.03. The molecule has 7 nitrogen and oxygen atoms in total. The highest BCUT2D eigenvalue weighted by atomic mass is 32.2. The predicted octanol–water partition coefficient (Wildman–Crippen LogP) is 3.68. The Morgan fingerprint density at radius 1 is 1.03 bits per heavy atom. The number of esters is 1.